The van der Waals surface area contributed by atoms with E-state index in [-0.39, 0.29) is 11.6 Å². The highest BCUT2D eigenvalue weighted by Gasteiger charge is 2.31. The van der Waals surface area contributed by atoms with Crippen LogP contribution in [0.2, 0.25) is 0 Å². The Morgan fingerprint density at radius 3 is 2.24 bits per heavy atom. The van der Waals surface area contributed by atoms with Crippen molar-refractivity contribution in [3.05, 3.63) is 54.2 Å². The third-order valence-corrected chi connectivity index (χ3v) is 6.18. The van der Waals surface area contributed by atoms with Crippen molar-refractivity contribution in [2.75, 3.05) is 36.0 Å². The van der Waals surface area contributed by atoms with Crippen molar-refractivity contribution in [3.63, 3.8) is 0 Å². The van der Waals surface area contributed by atoms with Crippen LogP contribution in [0.4, 0.5) is 22.0 Å². The number of para-hydroxylation sites is 2. The first-order valence-corrected chi connectivity index (χ1v) is 11.8. The molecule has 1 aromatic heterocycles. The number of fused-ring (bicyclic) bond motifs is 1. The number of ether oxygens (including phenoxy) is 1. The Labute approximate surface area is 197 Å². The van der Waals surface area contributed by atoms with Gasteiger partial charge in [-0.1, -0.05) is 18.2 Å². The fraction of sp³-hybridized carbons (Fsp3) is 0.481. The van der Waals surface area contributed by atoms with E-state index in [1.165, 1.54) is 11.1 Å². The first-order chi connectivity index (χ1) is 15.5. The summed E-state index contributed by atoms with van der Waals surface area (Å²) in [5, 5.41) is 0. The van der Waals surface area contributed by atoms with Gasteiger partial charge in [-0.3, -0.25) is 9.80 Å². The summed E-state index contributed by atoms with van der Waals surface area (Å²) in [6.45, 7) is 15.7. The summed E-state index contributed by atoms with van der Waals surface area (Å²) >= 11 is 0. The minimum atomic E-state index is -0.530. The fourth-order valence-electron chi connectivity index (χ4n) is 4.38. The van der Waals surface area contributed by atoms with Crippen LogP contribution in [0.3, 0.4) is 0 Å². The van der Waals surface area contributed by atoms with Crippen molar-refractivity contribution < 1.29 is 9.53 Å². The highest BCUT2D eigenvalue weighted by molar-refractivity contribution is 5.95. The lowest BCUT2D eigenvalue weighted by Crippen LogP contribution is -2.44. The zero-order valence-corrected chi connectivity index (χ0v) is 20.8. The summed E-state index contributed by atoms with van der Waals surface area (Å²) in [5.74, 6) is 0.891. The highest BCUT2D eigenvalue weighted by atomic mass is 16.6. The molecule has 0 fully saturated rings. The highest BCUT2D eigenvalue weighted by Crippen LogP contribution is 2.38. The molecule has 0 N–H and O–H groups in total. The Hall–Kier alpha value is -2.86. The zero-order chi connectivity index (χ0) is 23.8. The molecular formula is C27H36N4O2. The molecule has 6 nitrogen and oxygen atoms in total. The Bertz CT molecular complexity index is 1030. The molecular weight excluding hydrogens is 412 g/mol. The summed E-state index contributed by atoms with van der Waals surface area (Å²) in [4.78, 5) is 24.0. The quantitative estimate of drug-likeness (QED) is 0.576. The number of carbonyl (C=O) groups excluding carboxylic acids is 1. The van der Waals surface area contributed by atoms with Crippen LogP contribution in [0.5, 0.6) is 0 Å². The van der Waals surface area contributed by atoms with Gasteiger partial charge in [0, 0.05) is 37.9 Å². The van der Waals surface area contributed by atoms with Gasteiger partial charge in [-0.25, -0.2) is 9.78 Å². The maximum atomic E-state index is 12.8. The van der Waals surface area contributed by atoms with Crippen LogP contribution in [0.1, 0.15) is 53.5 Å². The van der Waals surface area contributed by atoms with Gasteiger partial charge in [-0.2, -0.15) is 0 Å². The molecule has 0 bridgehead atoms. The summed E-state index contributed by atoms with van der Waals surface area (Å²) in [6, 6.07) is 12.2. The second kappa shape index (κ2) is 8.82. The number of nitrogens with zero attached hydrogens (tertiary/aromatic N) is 4. The zero-order valence-electron chi connectivity index (χ0n) is 20.8. The minimum absolute atomic E-state index is 0.193. The van der Waals surface area contributed by atoms with Gasteiger partial charge in [0.15, 0.2) is 0 Å². The fourth-order valence-corrected chi connectivity index (χ4v) is 4.38. The largest absolute Gasteiger partial charge is 0.443 e. The Morgan fingerprint density at radius 1 is 0.939 bits per heavy atom. The van der Waals surface area contributed by atoms with Gasteiger partial charge in [0.1, 0.15) is 11.4 Å². The maximum Gasteiger partial charge on any atom is 0.414 e. The van der Waals surface area contributed by atoms with Crippen molar-refractivity contribution in [2.24, 2.45) is 0 Å². The number of carbonyl (C=O) groups is 1. The lowest BCUT2D eigenvalue weighted by molar-refractivity contribution is 0.0580. The van der Waals surface area contributed by atoms with E-state index < -0.39 is 5.60 Å². The monoisotopic (exact) mass is 448 g/mol. The molecule has 1 amide bonds. The van der Waals surface area contributed by atoms with Gasteiger partial charge in [-0.05, 0) is 83.4 Å². The standard InChI is InChI=1S/C27H36N4O2/c1-26(2,3)29-15-13-20(14-16-29)21-11-12-24(28-19-21)30-17-18-31(25(32)33-27(4,5)6)23-10-8-7-9-22(23)30/h7-13,19H,14-18H2,1-6H3. The second-order valence-corrected chi connectivity index (χ2v) is 10.8. The molecule has 0 saturated heterocycles. The number of hydrogen-bond donors (Lipinski definition) is 0. The van der Waals surface area contributed by atoms with E-state index in [1.54, 1.807) is 4.90 Å². The van der Waals surface area contributed by atoms with E-state index in [2.05, 4.69) is 48.8 Å². The van der Waals surface area contributed by atoms with Crippen LogP contribution in [-0.4, -0.2) is 53.3 Å². The average Bonchev–Trinajstić information content (AvgIpc) is 2.77. The van der Waals surface area contributed by atoms with Crippen molar-refractivity contribution in [3.8, 4) is 0 Å². The predicted octanol–water partition coefficient (Wildman–Crippen LogP) is 5.86. The number of hydrogen-bond acceptors (Lipinski definition) is 5. The molecule has 2 aliphatic rings. The van der Waals surface area contributed by atoms with E-state index in [4.69, 9.17) is 9.72 Å². The van der Waals surface area contributed by atoms with Crippen LogP contribution < -0.4 is 9.80 Å². The summed E-state index contributed by atoms with van der Waals surface area (Å²) in [6.07, 6.45) is 5.04. The number of benzene rings is 1. The number of amides is 1. The summed E-state index contributed by atoms with van der Waals surface area (Å²) < 4.78 is 5.63. The first-order valence-electron chi connectivity index (χ1n) is 11.8. The first kappa shape index (κ1) is 23.3. The Kier molecular flexibility index (Phi) is 6.23. The Morgan fingerprint density at radius 2 is 1.67 bits per heavy atom. The van der Waals surface area contributed by atoms with Crippen molar-refractivity contribution in [1.82, 2.24) is 9.88 Å². The van der Waals surface area contributed by atoms with E-state index in [1.807, 2.05) is 51.2 Å². The van der Waals surface area contributed by atoms with Gasteiger partial charge in [0.25, 0.3) is 0 Å². The molecule has 4 rings (SSSR count). The number of anilines is 3. The molecule has 176 valence electrons. The predicted molar refractivity (Wildman–Crippen MR) is 135 cm³/mol. The molecule has 2 aliphatic heterocycles. The van der Waals surface area contributed by atoms with Crippen molar-refractivity contribution in [1.29, 1.82) is 0 Å². The van der Waals surface area contributed by atoms with Crippen LogP contribution >= 0.6 is 0 Å². The number of rotatable bonds is 2. The van der Waals surface area contributed by atoms with E-state index in [9.17, 15) is 4.79 Å². The minimum Gasteiger partial charge on any atom is -0.443 e. The van der Waals surface area contributed by atoms with E-state index >= 15 is 0 Å². The van der Waals surface area contributed by atoms with Crippen LogP contribution in [0, 0.1) is 0 Å². The summed E-state index contributed by atoms with van der Waals surface area (Å²) in [5.41, 5.74) is 4.03. The molecule has 3 heterocycles. The van der Waals surface area contributed by atoms with Gasteiger partial charge in [0.05, 0.1) is 11.4 Å². The molecule has 0 aliphatic carbocycles. The summed E-state index contributed by atoms with van der Waals surface area (Å²) in [7, 11) is 0. The molecule has 33 heavy (non-hydrogen) atoms. The van der Waals surface area contributed by atoms with E-state index in [0.29, 0.717) is 13.1 Å². The van der Waals surface area contributed by atoms with Crippen molar-refractivity contribution in [2.45, 2.75) is 59.1 Å². The molecule has 0 unspecified atom stereocenters. The Balaban J connectivity index is 1.53. The smallest absolute Gasteiger partial charge is 0.414 e. The van der Waals surface area contributed by atoms with Gasteiger partial charge < -0.3 is 9.64 Å². The molecule has 0 atom stereocenters. The third kappa shape index (κ3) is 5.22. The van der Waals surface area contributed by atoms with Gasteiger partial charge in [-0.15, -0.1) is 0 Å². The number of pyridine rings is 1. The van der Waals surface area contributed by atoms with Crippen LogP contribution in [0.25, 0.3) is 5.57 Å². The molecule has 0 radical (unpaired) electrons. The second-order valence-electron chi connectivity index (χ2n) is 10.8. The molecule has 2 aromatic rings. The van der Waals surface area contributed by atoms with Crippen molar-refractivity contribution >= 4 is 28.9 Å². The van der Waals surface area contributed by atoms with Crippen LogP contribution in [0.15, 0.2) is 48.7 Å². The molecule has 0 saturated carbocycles. The van der Waals surface area contributed by atoms with E-state index in [0.717, 1.165) is 36.7 Å². The third-order valence-electron chi connectivity index (χ3n) is 6.18. The number of aromatic nitrogens is 1. The normalized spacial score (nSPS) is 17.5. The topological polar surface area (TPSA) is 48.9 Å². The van der Waals surface area contributed by atoms with Gasteiger partial charge >= 0.3 is 6.09 Å². The van der Waals surface area contributed by atoms with Gasteiger partial charge in [0.2, 0.25) is 0 Å². The molecule has 6 heteroatoms. The molecule has 1 aromatic carbocycles. The van der Waals surface area contributed by atoms with Crippen LogP contribution in [-0.2, 0) is 4.74 Å². The average molecular weight is 449 g/mol. The lowest BCUT2D eigenvalue weighted by atomic mass is 9.97. The lowest BCUT2D eigenvalue weighted by Gasteiger charge is -2.38. The maximum absolute atomic E-state index is 12.8. The molecule has 0 spiro atoms. The SMILES string of the molecule is CC(C)(C)OC(=O)N1CCN(c2ccc(C3=CCN(C(C)(C)C)CC3)cn2)c2ccccc21.